The maximum atomic E-state index is 14.2. The van der Waals surface area contributed by atoms with Crippen molar-refractivity contribution in [2.45, 2.75) is 45.4 Å². The van der Waals surface area contributed by atoms with Crippen molar-refractivity contribution >= 4 is 5.71 Å². The SMILES string of the molecule is CC(C)n1cc(C2=NCc3c(F)cnc(OC4CCOCC4)c32)cn1. The Morgan fingerprint density at radius 1 is 1.28 bits per heavy atom. The predicted octanol–water partition coefficient (Wildman–Crippen LogP) is 2.91. The molecule has 2 aromatic rings. The van der Waals surface area contributed by atoms with E-state index in [1.807, 2.05) is 10.9 Å². The van der Waals surface area contributed by atoms with Crippen molar-refractivity contribution in [3.63, 3.8) is 0 Å². The molecule has 0 aromatic carbocycles. The predicted molar refractivity (Wildman–Crippen MR) is 90.6 cm³/mol. The summed E-state index contributed by atoms with van der Waals surface area (Å²) in [5, 5.41) is 4.37. The minimum Gasteiger partial charge on any atom is -0.474 e. The highest BCUT2D eigenvalue weighted by Gasteiger charge is 2.29. The van der Waals surface area contributed by atoms with Gasteiger partial charge >= 0.3 is 0 Å². The van der Waals surface area contributed by atoms with Crippen LogP contribution in [-0.2, 0) is 11.3 Å². The monoisotopic (exact) mass is 344 g/mol. The van der Waals surface area contributed by atoms with Gasteiger partial charge in [-0.2, -0.15) is 5.10 Å². The van der Waals surface area contributed by atoms with E-state index in [1.165, 1.54) is 6.20 Å². The number of nitrogens with zero attached hydrogens (tertiary/aromatic N) is 4. The molecule has 2 aliphatic heterocycles. The quantitative estimate of drug-likeness (QED) is 0.856. The molecule has 2 aliphatic rings. The molecule has 0 aliphatic carbocycles. The smallest absolute Gasteiger partial charge is 0.223 e. The van der Waals surface area contributed by atoms with Crippen LogP contribution in [0.4, 0.5) is 4.39 Å². The molecule has 0 spiro atoms. The van der Waals surface area contributed by atoms with Crippen molar-refractivity contribution in [3.05, 3.63) is 41.1 Å². The van der Waals surface area contributed by atoms with Gasteiger partial charge in [0.25, 0.3) is 0 Å². The van der Waals surface area contributed by atoms with Crippen molar-refractivity contribution < 1.29 is 13.9 Å². The first-order valence-electron chi connectivity index (χ1n) is 8.64. The number of hydrogen-bond acceptors (Lipinski definition) is 5. The first-order chi connectivity index (χ1) is 12.1. The van der Waals surface area contributed by atoms with Crippen LogP contribution in [0.5, 0.6) is 5.88 Å². The minimum absolute atomic E-state index is 0.0380. The Bertz CT molecular complexity index is 809. The molecule has 25 heavy (non-hydrogen) atoms. The summed E-state index contributed by atoms with van der Waals surface area (Å²) in [7, 11) is 0. The summed E-state index contributed by atoms with van der Waals surface area (Å²) in [6.07, 6.45) is 6.58. The molecule has 1 fully saturated rings. The highest BCUT2D eigenvalue weighted by atomic mass is 19.1. The molecular weight excluding hydrogens is 323 g/mol. The Morgan fingerprint density at radius 2 is 2.08 bits per heavy atom. The van der Waals surface area contributed by atoms with Crippen molar-refractivity contribution in [1.29, 1.82) is 0 Å². The second-order valence-electron chi connectivity index (χ2n) is 6.66. The standard InChI is InChI=1S/C18H21FN4O2/c1-11(2)23-10-12(7-22-23)17-16-14(8-20-17)15(19)9-21-18(16)25-13-3-5-24-6-4-13/h7,9-11,13H,3-6,8H2,1-2H3. The fraction of sp³-hybridized carbons (Fsp3) is 0.500. The fourth-order valence-electron chi connectivity index (χ4n) is 3.16. The van der Waals surface area contributed by atoms with Gasteiger partial charge < -0.3 is 9.47 Å². The Kier molecular flexibility index (Phi) is 4.25. The van der Waals surface area contributed by atoms with E-state index >= 15 is 0 Å². The molecule has 6 nitrogen and oxygen atoms in total. The van der Waals surface area contributed by atoms with Crippen LogP contribution in [0.3, 0.4) is 0 Å². The second kappa shape index (κ2) is 6.55. The summed E-state index contributed by atoms with van der Waals surface area (Å²) in [4.78, 5) is 8.76. The van der Waals surface area contributed by atoms with Gasteiger partial charge in [-0.25, -0.2) is 9.37 Å². The molecule has 7 heteroatoms. The molecule has 132 valence electrons. The molecule has 0 bridgehead atoms. The zero-order valence-electron chi connectivity index (χ0n) is 14.4. The summed E-state index contributed by atoms with van der Waals surface area (Å²) in [5.41, 5.74) is 2.77. The summed E-state index contributed by atoms with van der Waals surface area (Å²) in [6, 6.07) is 0.249. The average Bonchev–Trinajstić information content (AvgIpc) is 3.25. The van der Waals surface area contributed by atoms with E-state index < -0.39 is 0 Å². The highest BCUT2D eigenvalue weighted by Crippen LogP contribution is 2.32. The van der Waals surface area contributed by atoms with Gasteiger partial charge in [-0.3, -0.25) is 9.67 Å². The Balaban J connectivity index is 1.69. The summed E-state index contributed by atoms with van der Waals surface area (Å²) < 4.78 is 27.6. The van der Waals surface area contributed by atoms with Crippen molar-refractivity contribution in [1.82, 2.24) is 14.8 Å². The molecule has 4 rings (SSSR count). The lowest BCUT2D eigenvalue weighted by molar-refractivity contribution is 0.0236. The summed E-state index contributed by atoms with van der Waals surface area (Å²) in [5.74, 6) is 0.112. The van der Waals surface area contributed by atoms with Crippen LogP contribution in [0.25, 0.3) is 0 Å². The topological polar surface area (TPSA) is 61.5 Å². The molecular formula is C18H21FN4O2. The van der Waals surface area contributed by atoms with E-state index in [-0.39, 0.29) is 18.0 Å². The fourth-order valence-corrected chi connectivity index (χ4v) is 3.16. The maximum absolute atomic E-state index is 14.2. The summed E-state index contributed by atoms with van der Waals surface area (Å²) >= 11 is 0. The van der Waals surface area contributed by atoms with Crippen LogP contribution in [0.15, 0.2) is 23.6 Å². The van der Waals surface area contributed by atoms with E-state index in [4.69, 9.17) is 9.47 Å². The van der Waals surface area contributed by atoms with E-state index in [0.717, 1.165) is 18.4 Å². The number of fused-ring (bicyclic) bond motifs is 1. The van der Waals surface area contributed by atoms with E-state index in [0.29, 0.717) is 42.5 Å². The lowest BCUT2D eigenvalue weighted by Gasteiger charge is -2.24. The Labute approximate surface area is 145 Å². The third kappa shape index (κ3) is 3.04. The second-order valence-corrected chi connectivity index (χ2v) is 6.66. The molecule has 0 unspecified atom stereocenters. The van der Waals surface area contributed by atoms with Gasteiger partial charge in [0.2, 0.25) is 5.88 Å². The van der Waals surface area contributed by atoms with Gasteiger partial charge in [-0.15, -0.1) is 0 Å². The van der Waals surface area contributed by atoms with Gasteiger partial charge in [0.1, 0.15) is 11.9 Å². The lowest BCUT2D eigenvalue weighted by Crippen LogP contribution is -2.27. The molecule has 0 N–H and O–H groups in total. The zero-order valence-corrected chi connectivity index (χ0v) is 14.4. The number of rotatable bonds is 4. The molecule has 4 heterocycles. The van der Waals surface area contributed by atoms with Crippen LogP contribution in [0.2, 0.25) is 0 Å². The van der Waals surface area contributed by atoms with Crippen LogP contribution >= 0.6 is 0 Å². The number of ether oxygens (including phenoxy) is 2. The highest BCUT2D eigenvalue weighted by molar-refractivity contribution is 6.16. The number of aliphatic imine (C=N–C) groups is 1. The zero-order chi connectivity index (χ0) is 17.4. The first-order valence-corrected chi connectivity index (χ1v) is 8.64. The summed E-state index contributed by atoms with van der Waals surface area (Å²) in [6.45, 7) is 5.77. The van der Waals surface area contributed by atoms with Crippen LogP contribution in [-0.4, -0.2) is 39.8 Å². The van der Waals surface area contributed by atoms with Gasteiger partial charge in [-0.05, 0) is 13.8 Å². The molecule has 0 radical (unpaired) electrons. The van der Waals surface area contributed by atoms with E-state index in [1.54, 1.807) is 6.20 Å². The Hall–Kier alpha value is -2.28. The number of halogens is 1. The van der Waals surface area contributed by atoms with Gasteiger partial charge in [0.05, 0.1) is 43.4 Å². The normalized spacial score (nSPS) is 17.7. The van der Waals surface area contributed by atoms with E-state index in [9.17, 15) is 4.39 Å². The molecule has 0 saturated carbocycles. The molecule has 0 atom stereocenters. The van der Waals surface area contributed by atoms with Gasteiger partial charge in [0.15, 0.2) is 0 Å². The third-order valence-corrected chi connectivity index (χ3v) is 4.58. The van der Waals surface area contributed by atoms with Crippen molar-refractivity contribution in [2.24, 2.45) is 4.99 Å². The minimum atomic E-state index is -0.343. The van der Waals surface area contributed by atoms with Gasteiger partial charge in [0, 0.05) is 36.2 Å². The largest absolute Gasteiger partial charge is 0.474 e. The Morgan fingerprint density at radius 3 is 2.80 bits per heavy atom. The number of hydrogen-bond donors (Lipinski definition) is 0. The molecule has 0 amide bonds. The van der Waals surface area contributed by atoms with Crippen molar-refractivity contribution in [3.8, 4) is 5.88 Å². The number of aromatic nitrogens is 3. The molecule has 1 saturated heterocycles. The van der Waals surface area contributed by atoms with Crippen LogP contribution < -0.4 is 4.74 Å². The average molecular weight is 344 g/mol. The van der Waals surface area contributed by atoms with Crippen LogP contribution in [0, 0.1) is 5.82 Å². The van der Waals surface area contributed by atoms with Crippen LogP contribution in [0.1, 0.15) is 49.4 Å². The lowest BCUT2D eigenvalue weighted by atomic mass is 10.0. The van der Waals surface area contributed by atoms with Crippen molar-refractivity contribution in [2.75, 3.05) is 13.2 Å². The third-order valence-electron chi connectivity index (χ3n) is 4.58. The van der Waals surface area contributed by atoms with E-state index in [2.05, 4.69) is 28.9 Å². The molecule has 2 aromatic heterocycles. The first kappa shape index (κ1) is 16.2. The van der Waals surface area contributed by atoms with Gasteiger partial charge in [-0.1, -0.05) is 0 Å². The number of pyridine rings is 1. The maximum Gasteiger partial charge on any atom is 0.223 e.